The number of thioether (sulfide) groups is 1. The van der Waals surface area contributed by atoms with Crippen LogP contribution in [0.25, 0.3) is 0 Å². The van der Waals surface area contributed by atoms with Gasteiger partial charge in [0.2, 0.25) is 5.91 Å². The number of rotatable bonds is 4. The molecule has 1 aliphatic rings. The third kappa shape index (κ3) is 3.96. The van der Waals surface area contributed by atoms with E-state index in [1.807, 2.05) is 6.26 Å². The number of carbonyl (C=O) groups excluding carboxylic acids is 1. The molecule has 2 N–H and O–H groups in total. The van der Waals surface area contributed by atoms with Crippen molar-refractivity contribution in [3.05, 3.63) is 0 Å². The standard InChI is InChI=1S/C9H16N2O2S2/c1-15-5-2-8(12)11-3-4-13-7(6-11)9(10)14/h7H,2-6H2,1H3,(H2,10,14). The molecule has 15 heavy (non-hydrogen) atoms. The summed E-state index contributed by atoms with van der Waals surface area (Å²) in [6, 6.07) is 0. The first-order valence-corrected chi connectivity index (χ1v) is 6.63. The highest BCUT2D eigenvalue weighted by Gasteiger charge is 2.25. The van der Waals surface area contributed by atoms with Crippen molar-refractivity contribution < 1.29 is 9.53 Å². The molecule has 0 bridgehead atoms. The lowest BCUT2D eigenvalue weighted by Crippen LogP contribution is -2.50. The van der Waals surface area contributed by atoms with Crippen LogP contribution in [0.2, 0.25) is 0 Å². The summed E-state index contributed by atoms with van der Waals surface area (Å²) < 4.78 is 5.36. The van der Waals surface area contributed by atoms with E-state index in [0.29, 0.717) is 31.1 Å². The highest BCUT2D eigenvalue weighted by molar-refractivity contribution is 7.98. The molecule has 0 saturated carbocycles. The number of amides is 1. The fourth-order valence-electron chi connectivity index (χ4n) is 1.40. The van der Waals surface area contributed by atoms with Gasteiger partial charge in [-0.05, 0) is 6.26 Å². The number of thiocarbonyl (C=S) groups is 1. The topological polar surface area (TPSA) is 55.6 Å². The smallest absolute Gasteiger partial charge is 0.223 e. The molecule has 6 heteroatoms. The molecule has 1 atom stereocenters. The zero-order valence-electron chi connectivity index (χ0n) is 8.77. The Morgan fingerprint density at radius 1 is 1.73 bits per heavy atom. The molecule has 0 radical (unpaired) electrons. The second-order valence-corrected chi connectivity index (χ2v) is 4.80. The molecule has 4 nitrogen and oxygen atoms in total. The number of morpholine rings is 1. The quantitative estimate of drug-likeness (QED) is 0.723. The minimum Gasteiger partial charge on any atom is -0.391 e. The van der Waals surface area contributed by atoms with Gasteiger partial charge in [0, 0.05) is 18.7 Å². The third-order valence-corrected chi connectivity index (χ3v) is 3.13. The van der Waals surface area contributed by atoms with E-state index < -0.39 is 0 Å². The Labute approximate surface area is 99.5 Å². The van der Waals surface area contributed by atoms with Gasteiger partial charge < -0.3 is 15.4 Å². The minimum atomic E-state index is -0.271. The molecule has 0 aromatic heterocycles. The predicted molar refractivity (Wildman–Crippen MR) is 66.1 cm³/mol. The van der Waals surface area contributed by atoms with Gasteiger partial charge in [0.15, 0.2) is 0 Å². The average Bonchev–Trinajstić information content (AvgIpc) is 2.26. The summed E-state index contributed by atoms with van der Waals surface area (Å²) in [5, 5.41) is 0. The number of hydrogen-bond acceptors (Lipinski definition) is 4. The normalized spacial score (nSPS) is 21.4. The van der Waals surface area contributed by atoms with Crippen molar-refractivity contribution in [2.24, 2.45) is 5.73 Å². The van der Waals surface area contributed by atoms with Gasteiger partial charge in [-0.2, -0.15) is 11.8 Å². The highest BCUT2D eigenvalue weighted by Crippen LogP contribution is 2.08. The molecule has 1 aliphatic heterocycles. The van der Waals surface area contributed by atoms with Gasteiger partial charge in [-0.15, -0.1) is 0 Å². The van der Waals surface area contributed by atoms with Gasteiger partial charge in [-0.1, -0.05) is 12.2 Å². The molecule has 0 spiro atoms. The van der Waals surface area contributed by atoms with Crippen molar-refractivity contribution in [1.29, 1.82) is 0 Å². The molecular formula is C9H16N2O2S2. The second-order valence-electron chi connectivity index (χ2n) is 3.34. The maximum absolute atomic E-state index is 11.7. The van der Waals surface area contributed by atoms with Gasteiger partial charge in [0.25, 0.3) is 0 Å². The second kappa shape index (κ2) is 6.30. The summed E-state index contributed by atoms with van der Waals surface area (Å²) in [5.74, 6) is 1.02. The summed E-state index contributed by atoms with van der Waals surface area (Å²) in [6.07, 6.45) is 2.29. The number of nitrogens with zero attached hydrogens (tertiary/aromatic N) is 1. The lowest BCUT2D eigenvalue weighted by Gasteiger charge is -2.32. The van der Waals surface area contributed by atoms with Gasteiger partial charge in [-0.25, -0.2) is 0 Å². The lowest BCUT2D eigenvalue weighted by molar-refractivity contribution is -0.136. The fraction of sp³-hybridized carbons (Fsp3) is 0.778. The average molecular weight is 248 g/mol. The Hall–Kier alpha value is -0.330. The molecule has 0 aromatic rings. The van der Waals surface area contributed by atoms with Crippen LogP contribution in [0.5, 0.6) is 0 Å². The lowest BCUT2D eigenvalue weighted by atomic mass is 10.2. The van der Waals surface area contributed by atoms with Crippen molar-refractivity contribution in [3.8, 4) is 0 Å². The summed E-state index contributed by atoms with van der Waals surface area (Å²) in [5.41, 5.74) is 5.49. The highest BCUT2D eigenvalue weighted by atomic mass is 32.2. The van der Waals surface area contributed by atoms with E-state index in [4.69, 9.17) is 22.7 Å². The van der Waals surface area contributed by atoms with Crippen LogP contribution in [0.1, 0.15) is 6.42 Å². The molecule has 1 rings (SSSR count). The SMILES string of the molecule is CSCCC(=O)N1CCOC(C(N)=S)C1. The van der Waals surface area contributed by atoms with Gasteiger partial charge in [0.1, 0.15) is 11.1 Å². The van der Waals surface area contributed by atoms with E-state index in [1.165, 1.54) is 0 Å². The van der Waals surface area contributed by atoms with Crippen molar-refractivity contribution in [2.45, 2.75) is 12.5 Å². The Bertz CT molecular complexity index is 248. The van der Waals surface area contributed by atoms with Crippen LogP contribution < -0.4 is 5.73 Å². The maximum Gasteiger partial charge on any atom is 0.223 e. The van der Waals surface area contributed by atoms with E-state index in [2.05, 4.69) is 0 Å². The van der Waals surface area contributed by atoms with Crippen molar-refractivity contribution in [2.75, 3.05) is 31.7 Å². The zero-order valence-corrected chi connectivity index (χ0v) is 10.4. The number of carbonyl (C=O) groups is 1. The van der Waals surface area contributed by atoms with Crippen LogP contribution in [-0.4, -0.2) is 53.6 Å². The van der Waals surface area contributed by atoms with Crippen LogP contribution in [0, 0.1) is 0 Å². The van der Waals surface area contributed by atoms with E-state index in [9.17, 15) is 4.79 Å². The van der Waals surface area contributed by atoms with Crippen molar-refractivity contribution in [1.82, 2.24) is 4.90 Å². The maximum atomic E-state index is 11.7. The summed E-state index contributed by atoms with van der Waals surface area (Å²) in [7, 11) is 0. The van der Waals surface area contributed by atoms with Crippen molar-refractivity contribution in [3.63, 3.8) is 0 Å². The first-order chi connectivity index (χ1) is 7.15. The monoisotopic (exact) mass is 248 g/mol. The summed E-state index contributed by atoms with van der Waals surface area (Å²) in [4.78, 5) is 13.8. The molecule has 1 amide bonds. The summed E-state index contributed by atoms with van der Waals surface area (Å²) in [6.45, 7) is 1.67. The summed E-state index contributed by atoms with van der Waals surface area (Å²) >= 11 is 6.52. The van der Waals surface area contributed by atoms with Crippen LogP contribution in [0.15, 0.2) is 0 Å². The molecule has 1 heterocycles. The van der Waals surface area contributed by atoms with E-state index >= 15 is 0 Å². The molecule has 1 saturated heterocycles. The Morgan fingerprint density at radius 3 is 3.07 bits per heavy atom. The van der Waals surface area contributed by atoms with Crippen LogP contribution in [0.3, 0.4) is 0 Å². The van der Waals surface area contributed by atoms with Crippen LogP contribution >= 0.6 is 24.0 Å². The first-order valence-electron chi connectivity index (χ1n) is 4.82. The minimum absolute atomic E-state index is 0.161. The number of ether oxygens (including phenoxy) is 1. The van der Waals surface area contributed by atoms with Crippen LogP contribution in [-0.2, 0) is 9.53 Å². The molecule has 86 valence electrons. The Morgan fingerprint density at radius 2 is 2.47 bits per heavy atom. The van der Waals surface area contributed by atoms with E-state index in [0.717, 1.165) is 5.75 Å². The van der Waals surface area contributed by atoms with Gasteiger partial charge in [-0.3, -0.25) is 4.79 Å². The fourth-order valence-corrected chi connectivity index (χ4v) is 1.92. The molecule has 0 aliphatic carbocycles. The van der Waals surface area contributed by atoms with Crippen LogP contribution in [0.4, 0.5) is 0 Å². The van der Waals surface area contributed by atoms with Gasteiger partial charge in [0.05, 0.1) is 13.2 Å². The van der Waals surface area contributed by atoms with E-state index in [-0.39, 0.29) is 12.0 Å². The van der Waals surface area contributed by atoms with Gasteiger partial charge >= 0.3 is 0 Å². The zero-order chi connectivity index (χ0) is 11.3. The number of nitrogens with two attached hydrogens (primary N) is 1. The third-order valence-electron chi connectivity index (χ3n) is 2.26. The van der Waals surface area contributed by atoms with Crippen molar-refractivity contribution >= 4 is 34.9 Å². The predicted octanol–water partition coefficient (Wildman–Crippen LogP) is 0.253. The molecule has 0 aromatic carbocycles. The van der Waals surface area contributed by atoms with E-state index in [1.54, 1.807) is 16.7 Å². The molecule has 1 fully saturated rings. The Kier molecular flexibility index (Phi) is 5.35. The Balaban J connectivity index is 2.41. The number of hydrogen-bond donors (Lipinski definition) is 1. The molecular weight excluding hydrogens is 232 g/mol. The molecule has 1 unspecified atom stereocenters. The first kappa shape index (κ1) is 12.7. The largest absolute Gasteiger partial charge is 0.391 e.